The molecule has 6 nitrogen and oxygen atoms in total. The van der Waals surface area contributed by atoms with Gasteiger partial charge in [-0.25, -0.2) is 4.98 Å². The number of piperazine rings is 1. The molecule has 0 aromatic carbocycles. The molecular weight excluding hydrogens is 358 g/mol. The van der Waals surface area contributed by atoms with Gasteiger partial charge in [-0.15, -0.1) is 17.0 Å². The summed E-state index contributed by atoms with van der Waals surface area (Å²) in [5.74, 6) is 1.70. The fraction of sp³-hybridized carbons (Fsp3) is 0.625. The molecule has 3 rings (SSSR count). The van der Waals surface area contributed by atoms with Crippen LogP contribution < -0.4 is 10.6 Å². The Labute approximate surface area is 148 Å². The molecule has 3 heterocycles. The molecule has 7 heteroatoms. The van der Waals surface area contributed by atoms with E-state index >= 15 is 0 Å². The van der Waals surface area contributed by atoms with Gasteiger partial charge in [0.2, 0.25) is 0 Å². The molecule has 2 saturated heterocycles. The highest BCUT2D eigenvalue weighted by molar-refractivity contribution is 8.93. The maximum atomic E-state index is 6.17. The Bertz CT molecular complexity index is 510. The zero-order valence-corrected chi connectivity index (χ0v) is 15.4. The van der Waals surface area contributed by atoms with Gasteiger partial charge in [0.15, 0.2) is 5.96 Å². The van der Waals surface area contributed by atoms with Gasteiger partial charge in [0.1, 0.15) is 5.82 Å². The Morgan fingerprint density at radius 1 is 1.35 bits per heavy atom. The van der Waals surface area contributed by atoms with E-state index in [0.717, 1.165) is 58.2 Å². The standard InChI is InChI=1S/C16H25N5O.BrH/c1-16(5-11-22-13-16)12-19-15(17)21-9-7-20(8-10-21)14-4-2-3-6-18-14;/h2-4,6H,5,7-13H2,1H3,(H2,17,19);1H. The van der Waals surface area contributed by atoms with Crippen LogP contribution in [-0.2, 0) is 4.74 Å². The number of aliphatic imine (C=N–C) groups is 1. The van der Waals surface area contributed by atoms with Crippen LogP contribution in [0.1, 0.15) is 13.3 Å². The van der Waals surface area contributed by atoms with E-state index in [9.17, 15) is 0 Å². The number of rotatable bonds is 3. The fourth-order valence-corrected chi connectivity index (χ4v) is 2.91. The van der Waals surface area contributed by atoms with Crippen molar-refractivity contribution in [2.24, 2.45) is 16.1 Å². The summed E-state index contributed by atoms with van der Waals surface area (Å²) < 4.78 is 5.46. The van der Waals surface area contributed by atoms with E-state index in [1.54, 1.807) is 0 Å². The third-order valence-electron chi connectivity index (χ3n) is 4.50. The summed E-state index contributed by atoms with van der Waals surface area (Å²) in [5.41, 5.74) is 6.32. The average molecular weight is 384 g/mol. The first-order chi connectivity index (χ1) is 10.7. The van der Waals surface area contributed by atoms with Crippen LogP contribution in [-0.4, -0.2) is 61.8 Å². The number of guanidine groups is 1. The Morgan fingerprint density at radius 3 is 2.74 bits per heavy atom. The van der Waals surface area contributed by atoms with Gasteiger partial charge in [-0.05, 0) is 18.6 Å². The zero-order valence-electron chi connectivity index (χ0n) is 13.6. The van der Waals surface area contributed by atoms with Crippen molar-refractivity contribution in [3.05, 3.63) is 24.4 Å². The number of nitrogens with two attached hydrogens (primary N) is 1. The van der Waals surface area contributed by atoms with Crippen LogP contribution in [0.25, 0.3) is 0 Å². The lowest BCUT2D eigenvalue weighted by molar-refractivity contribution is 0.162. The third-order valence-corrected chi connectivity index (χ3v) is 4.50. The number of ether oxygens (including phenoxy) is 1. The number of anilines is 1. The summed E-state index contributed by atoms with van der Waals surface area (Å²) in [5, 5.41) is 0. The third kappa shape index (κ3) is 4.57. The van der Waals surface area contributed by atoms with E-state index in [1.165, 1.54) is 0 Å². The van der Waals surface area contributed by atoms with Crippen LogP contribution >= 0.6 is 17.0 Å². The molecule has 0 bridgehead atoms. The van der Waals surface area contributed by atoms with Crippen molar-refractivity contribution in [1.82, 2.24) is 9.88 Å². The monoisotopic (exact) mass is 383 g/mol. The highest BCUT2D eigenvalue weighted by atomic mass is 79.9. The van der Waals surface area contributed by atoms with E-state index in [0.29, 0.717) is 5.96 Å². The molecule has 2 aliphatic rings. The molecule has 0 aliphatic carbocycles. The van der Waals surface area contributed by atoms with Gasteiger partial charge in [-0.1, -0.05) is 13.0 Å². The molecule has 0 radical (unpaired) electrons. The molecule has 2 aliphatic heterocycles. The lowest BCUT2D eigenvalue weighted by atomic mass is 9.90. The lowest BCUT2D eigenvalue weighted by Gasteiger charge is -2.36. The first-order valence-electron chi connectivity index (χ1n) is 7.95. The van der Waals surface area contributed by atoms with Gasteiger partial charge in [0, 0.05) is 44.4 Å². The number of aromatic nitrogens is 1. The topological polar surface area (TPSA) is 67.0 Å². The first kappa shape index (κ1) is 18.0. The maximum Gasteiger partial charge on any atom is 0.191 e. The second-order valence-electron chi connectivity index (χ2n) is 6.45. The molecule has 2 N–H and O–H groups in total. The van der Waals surface area contributed by atoms with E-state index in [4.69, 9.17) is 10.5 Å². The summed E-state index contributed by atoms with van der Waals surface area (Å²) >= 11 is 0. The largest absolute Gasteiger partial charge is 0.381 e. The molecule has 23 heavy (non-hydrogen) atoms. The number of hydrogen-bond donors (Lipinski definition) is 1. The average Bonchev–Trinajstić information content (AvgIpc) is 3.01. The molecule has 2 fully saturated rings. The Kier molecular flexibility index (Phi) is 6.24. The summed E-state index contributed by atoms with van der Waals surface area (Å²) in [6.45, 7) is 8.22. The van der Waals surface area contributed by atoms with Crippen LogP contribution in [0.5, 0.6) is 0 Å². The van der Waals surface area contributed by atoms with Crippen molar-refractivity contribution in [2.45, 2.75) is 13.3 Å². The second kappa shape index (κ2) is 7.97. The smallest absolute Gasteiger partial charge is 0.191 e. The predicted molar refractivity (Wildman–Crippen MR) is 98.4 cm³/mol. The lowest BCUT2D eigenvalue weighted by Crippen LogP contribution is -2.51. The van der Waals surface area contributed by atoms with Gasteiger partial charge in [0.25, 0.3) is 0 Å². The summed E-state index contributed by atoms with van der Waals surface area (Å²) in [6.07, 6.45) is 2.90. The van der Waals surface area contributed by atoms with Crippen molar-refractivity contribution >= 4 is 28.8 Å². The van der Waals surface area contributed by atoms with Crippen molar-refractivity contribution in [3.8, 4) is 0 Å². The molecule has 1 aromatic rings. The summed E-state index contributed by atoms with van der Waals surface area (Å²) in [4.78, 5) is 13.5. The van der Waals surface area contributed by atoms with E-state index in [-0.39, 0.29) is 22.4 Å². The van der Waals surface area contributed by atoms with Gasteiger partial charge in [-0.3, -0.25) is 4.99 Å². The van der Waals surface area contributed by atoms with Gasteiger partial charge < -0.3 is 20.3 Å². The van der Waals surface area contributed by atoms with Crippen LogP contribution in [0, 0.1) is 5.41 Å². The van der Waals surface area contributed by atoms with Crippen molar-refractivity contribution in [1.29, 1.82) is 0 Å². The van der Waals surface area contributed by atoms with Gasteiger partial charge >= 0.3 is 0 Å². The minimum atomic E-state index is 0. The van der Waals surface area contributed by atoms with E-state index < -0.39 is 0 Å². The van der Waals surface area contributed by atoms with E-state index in [2.05, 4.69) is 26.7 Å². The predicted octanol–water partition coefficient (Wildman–Crippen LogP) is 1.52. The Hall–Kier alpha value is -1.34. The minimum Gasteiger partial charge on any atom is -0.381 e. The molecule has 128 valence electrons. The maximum absolute atomic E-state index is 6.17. The number of pyridine rings is 1. The van der Waals surface area contributed by atoms with Gasteiger partial charge in [-0.2, -0.15) is 0 Å². The fourth-order valence-electron chi connectivity index (χ4n) is 2.91. The van der Waals surface area contributed by atoms with Crippen LogP contribution in [0.3, 0.4) is 0 Å². The zero-order chi connectivity index (χ0) is 15.4. The van der Waals surface area contributed by atoms with Crippen molar-refractivity contribution in [3.63, 3.8) is 0 Å². The Balaban J connectivity index is 0.00000192. The molecule has 0 saturated carbocycles. The number of nitrogens with zero attached hydrogens (tertiary/aromatic N) is 4. The van der Waals surface area contributed by atoms with E-state index in [1.807, 2.05) is 24.4 Å². The highest BCUT2D eigenvalue weighted by Crippen LogP contribution is 2.27. The first-order valence-corrected chi connectivity index (χ1v) is 7.95. The summed E-state index contributed by atoms with van der Waals surface area (Å²) in [7, 11) is 0. The van der Waals surface area contributed by atoms with Crippen molar-refractivity contribution < 1.29 is 4.74 Å². The van der Waals surface area contributed by atoms with Crippen LogP contribution in [0.2, 0.25) is 0 Å². The molecule has 1 aromatic heterocycles. The molecule has 0 spiro atoms. The molecular formula is C16H26BrN5O. The van der Waals surface area contributed by atoms with Crippen LogP contribution in [0.15, 0.2) is 29.4 Å². The Morgan fingerprint density at radius 2 is 2.13 bits per heavy atom. The molecule has 1 unspecified atom stereocenters. The molecule has 1 atom stereocenters. The normalized spacial score (nSPS) is 25.3. The second-order valence-corrected chi connectivity index (χ2v) is 6.45. The van der Waals surface area contributed by atoms with Crippen molar-refractivity contribution in [2.75, 3.05) is 50.8 Å². The summed E-state index contributed by atoms with van der Waals surface area (Å²) in [6, 6.07) is 6.01. The number of halogens is 1. The van der Waals surface area contributed by atoms with Crippen LogP contribution in [0.4, 0.5) is 5.82 Å². The number of hydrogen-bond acceptors (Lipinski definition) is 4. The molecule has 0 amide bonds. The highest BCUT2D eigenvalue weighted by Gasteiger charge is 2.29. The van der Waals surface area contributed by atoms with Gasteiger partial charge in [0.05, 0.1) is 13.2 Å². The quantitative estimate of drug-likeness (QED) is 0.632. The SMILES string of the molecule is Br.CC1(CN=C(N)N2CCN(c3ccccn3)CC2)CCOC1. The minimum absolute atomic E-state index is 0.